The fourth-order valence-corrected chi connectivity index (χ4v) is 5.26. The molecule has 1 aromatic rings. The number of aliphatic carboxylic acids is 1. The molecule has 2 heterocycles. The number of urea groups is 1. The van der Waals surface area contributed by atoms with Gasteiger partial charge in [0.25, 0.3) is 0 Å². The summed E-state index contributed by atoms with van der Waals surface area (Å²) >= 11 is 0. The molecule has 162 valence electrons. The monoisotopic (exact) mass is 414 g/mol. The summed E-state index contributed by atoms with van der Waals surface area (Å²) in [6.45, 7) is 2.78. The zero-order valence-corrected chi connectivity index (χ0v) is 17.2. The molecule has 3 fully saturated rings. The number of piperidine rings is 1. The van der Waals surface area contributed by atoms with Gasteiger partial charge < -0.3 is 21.1 Å². The van der Waals surface area contributed by atoms with Crippen LogP contribution >= 0.6 is 0 Å². The predicted octanol–water partition coefficient (Wildman–Crippen LogP) is 1.68. The van der Waals surface area contributed by atoms with E-state index < -0.39 is 11.4 Å². The number of anilines is 1. The van der Waals surface area contributed by atoms with Gasteiger partial charge in [-0.1, -0.05) is 12.1 Å². The van der Waals surface area contributed by atoms with Crippen molar-refractivity contribution in [1.82, 2.24) is 10.2 Å². The number of amides is 3. The van der Waals surface area contributed by atoms with E-state index in [0.29, 0.717) is 38.8 Å². The Kier molecular flexibility index (Phi) is 5.69. The van der Waals surface area contributed by atoms with E-state index in [1.165, 1.54) is 0 Å². The summed E-state index contributed by atoms with van der Waals surface area (Å²) in [5.74, 6) is -1.31. The van der Waals surface area contributed by atoms with Gasteiger partial charge in [-0.15, -0.1) is 0 Å². The molecule has 4 N–H and O–H groups in total. The number of primary amides is 1. The number of carboxylic acid groups (broad SMARTS) is 1. The maximum atomic E-state index is 13.0. The summed E-state index contributed by atoms with van der Waals surface area (Å²) in [7, 11) is 0. The summed E-state index contributed by atoms with van der Waals surface area (Å²) in [5, 5.41) is 12.5. The highest BCUT2D eigenvalue weighted by atomic mass is 16.4. The number of carbonyl (C=O) groups excluding carboxylic acids is 2. The molecule has 0 aromatic heterocycles. The Morgan fingerprint density at radius 3 is 2.23 bits per heavy atom. The first-order valence-electron chi connectivity index (χ1n) is 10.8. The smallest absolute Gasteiger partial charge is 0.324 e. The lowest BCUT2D eigenvalue weighted by atomic mass is 9.72. The van der Waals surface area contributed by atoms with E-state index in [2.05, 4.69) is 5.32 Å². The first-order valence-corrected chi connectivity index (χ1v) is 10.8. The SMILES string of the molecule is NC(=O)C1(c2ccc(N3CCN([C@H]4CC[C@H](C(=O)O)CC4)C3=O)cc2)CCNCC1. The zero-order valence-electron chi connectivity index (χ0n) is 17.2. The number of rotatable bonds is 5. The van der Waals surface area contributed by atoms with Crippen LogP contribution in [0.4, 0.5) is 10.5 Å². The Hall–Kier alpha value is -2.61. The minimum absolute atomic E-state index is 0.0204. The van der Waals surface area contributed by atoms with Crippen molar-refractivity contribution >= 4 is 23.6 Å². The molecular weight excluding hydrogens is 384 g/mol. The second-order valence-electron chi connectivity index (χ2n) is 8.71. The van der Waals surface area contributed by atoms with E-state index in [0.717, 1.165) is 37.2 Å². The van der Waals surface area contributed by atoms with Crippen LogP contribution in [0.5, 0.6) is 0 Å². The molecular formula is C22H30N4O4. The van der Waals surface area contributed by atoms with Gasteiger partial charge in [0.2, 0.25) is 5.91 Å². The normalized spacial score (nSPS) is 26.6. The van der Waals surface area contributed by atoms with Gasteiger partial charge in [-0.05, 0) is 69.3 Å². The van der Waals surface area contributed by atoms with Crippen LogP contribution in [0.3, 0.4) is 0 Å². The maximum absolute atomic E-state index is 13.0. The molecule has 8 heteroatoms. The highest BCUT2D eigenvalue weighted by Crippen LogP contribution is 2.35. The van der Waals surface area contributed by atoms with Gasteiger partial charge in [-0.3, -0.25) is 14.5 Å². The highest BCUT2D eigenvalue weighted by Gasteiger charge is 2.40. The molecule has 0 radical (unpaired) electrons. The van der Waals surface area contributed by atoms with Crippen molar-refractivity contribution in [1.29, 1.82) is 0 Å². The zero-order chi connectivity index (χ0) is 21.3. The number of carboxylic acids is 1. The number of nitrogens with one attached hydrogen (secondary N) is 1. The first-order chi connectivity index (χ1) is 14.4. The summed E-state index contributed by atoms with van der Waals surface area (Å²) in [5.41, 5.74) is 6.86. The summed E-state index contributed by atoms with van der Waals surface area (Å²) in [4.78, 5) is 40.1. The van der Waals surface area contributed by atoms with Crippen molar-refractivity contribution in [3.05, 3.63) is 29.8 Å². The lowest BCUT2D eigenvalue weighted by Gasteiger charge is -2.35. The molecule has 3 aliphatic rings. The fourth-order valence-electron chi connectivity index (χ4n) is 5.26. The highest BCUT2D eigenvalue weighted by molar-refractivity contribution is 5.94. The van der Waals surface area contributed by atoms with Gasteiger partial charge >= 0.3 is 12.0 Å². The van der Waals surface area contributed by atoms with Crippen LogP contribution in [0.1, 0.15) is 44.1 Å². The molecule has 0 atom stereocenters. The average Bonchev–Trinajstić information content (AvgIpc) is 3.15. The van der Waals surface area contributed by atoms with Crippen molar-refractivity contribution in [3.63, 3.8) is 0 Å². The van der Waals surface area contributed by atoms with E-state index in [1.807, 2.05) is 29.2 Å². The van der Waals surface area contributed by atoms with Crippen LogP contribution < -0.4 is 16.0 Å². The van der Waals surface area contributed by atoms with E-state index >= 15 is 0 Å². The van der Waals surface area contributed by atoms with Crippen LogP contribution in [-0.2, 0) is 15.0 Å². The Labute approximate surface area is 176 Å². The molecule has 4 rings (SSSR count). The second kappa shape index (κ2) is 8.26. The Balaban J connectivity index is 1.44. The molecule has 0 unspecified atom stereocenters. The standard InChI is InChI=1S/C22H30N4O4/c23-20(29)22(9-11-24-12-10-22)16-3-7-18(8-4-16)26-14-13-25(21(26)30)17-5-1-15(2-6-17)19(27)28/h3-4,7-8,15,17,24H,1-2,5-6,9-14H2,(H2,23,29)(H,27,28)/t15-,17-. The summed E-state index contributed by atoms with van der Waals surface area (Å²) in [6.07, 6.45) is 4.09. The van der Waals surface area contributed by atoms with Crippen LogP contribution in [0, 0.1) is 5.92 Å². The third-order valence-electron chi connectivity index (χ3n) is 7.19. The van der Waals surface area contributed by atoms with Crippen LogP contribution in [0.2, 0.25) is 0 Å². The van der Waals surface area contributed by atoms with Crippen molar-refractivity contribution in [2.75, 3.05) is 31.1 Å². The van der Waals surface area contributed by atoms with Crippen LogP contribution in [-0.4, -0.2) is 60.1 Å². The van der Waals surface area contributed by atoms with Gasteiger partial charge in [-0.2, -0.15) is 0 Å². The lowest BCUT2D eigenvalue weighted by molar-refractivity contribution is -0.143. The molecule has 0 spiro atoms. The molecule has 3 amide bonds. The fraction of sp³-hybridized carbons (Fsp3) is 0.591. The Morgan fingerprint density at radius 2 is 1.67 bits per heavy atom. The van der Waals surface area contributed by atoms with Gasteiger partial charge in [0.1, 0.15) is 0 Å². The minimum atomic E-state index is -0.731. The largest absolute Gasteiger partial charge is 0.481 e. The van der Waals surface area contributed by atoms with Gasteiger partial charge in [0.15, 0.2) is 0 Å². The first kappa shape index (κ1) is 20.7. The maximum Gasteiger partial charge on any atom is 0.324 e. The van der Waals surface area contributed by atoms with Gasteiger partial charge in [-0.25, -0.2) is 4.79 Å². The molecule has 30 heavy (non-hydrogen) atoms. The lowest BCUT2D eigenvalue weighted by Crippen LogP contribution is -2.48. The quantitative estimate of drug-likeness (QED) is 0.678. The molecule has 0 bridgehead atoms. The molecule has 1 saturated carbocycles. The molecule has 2 aliphatic heterocycles. The summed E-state index contributed by atoms with van der Waals surface area (Å²) in [6, 6.07) is 7.77. The van der Waals surface area contributed by atoms with E-state index in [4.69, 9.17) is 5.73 Å². The topological polar surface area (TPSA) is 116 Å². The number of hydrogen-bond donors (Lipinski definition) is 3. The Morgan fingerprint density at radius 1 is 1.03 bits per heavy atom. The Bertz CT molecular complexity index is 811. The van der Waals surface area contributed by atoms with E-state index in [9.17, 15) is 19.5 Å². The van der Waals surface area contributed by atoms with Crippen molar-refractivity contribution in [3.8, 4) is 0 Å². The van der Waals surface area contributed by atoms with Crippen molar-refractivity contribution in [2.24, 2.45) is 11.7 Å². The van der Waals surface area contributed by atoms with Gasteiger partial charge in [0.05, 0.1) is 11.3 Å². The third-order valence-corrected chi connectivity index (χ3v) is 7.19. The number of hydrogen-bond acceptors (Lipinski definition) is 4. The molecule has 8 nitrogen and oxygen atoms in total. The predicted molar refractivity (Wildman–Crippen MR) is 112 cm³/mol. The van der Waals surface area contributed by atoms with Gasteiger partial charge in [0, 0.05) is 24.8 Å². The molecule has 1 aromatic carbocycles. The number of benzene rings is 1. The number of nitrogens with zero attached hydrogens (tertiary/aromatic N) is 2. The second-order valence-corrected chi connectivity index (χ2v) is 8.71. The number of nitrogens with two attached hydrogens (primary N) is 1. The molecule has 1 aliphatic carbocycles. The third kappa shape index (κ3) is 3.64. The average molecular weight is 415 g/mol. The molecule has 2 saturated heterocycles. The van der Waals surface area contributed by atoms with E-state index in [1.54, 1.807) is 4.90 Å². The number of carbonyl (C=O) groups is 3. The van der Waals surface area contributed by atoms with Crippen LogP contribution in [0.15, 0.2) is 24.3 Å². The van der Waals surface area contributed by atoms with Crippen LogP contribution in [0.25, 0.3) is 0 Å². The van der Waals surface area contributed by atoms with E-state index in [-0.39, 0.29) is 23.9 Å². The summed E-state index contributed by atoms with van der Waals surface area (Å²) < 4.78 is 0. The van der Waals surface area contributed by atoms with Crippen molar-refractivity contribution < 1.29 is 19.5 Å². The van der Waals surface area contributed by atoms with Crippen molar-refractivity contribution in [2.45, 2.75) is 50.0 Å². The minimum Gasteiger partial charge on any atom is -0.481 e.